The van der Waals surface area contributed by atoms with Crippen LogP contribution >= 0.6 is 11.8 Å². The predicted octanol–water partition coefficient (Wildman–Crippen LogP) is 6.68. The summed E-state index contributed by atoms with van der Waals surface area (Å²) in [7, 11) is 0. The van der Waals surface area contributed by atoms with Crippen LogP contribution < -0.4 is 5.32 Å². The van der Waals surface area contributed by atoms with Crippen molar-refractivity contribution in [1.82, 2.24) is 10.3 Å². The Morgan fingerprint density at radius 3 is 2.11 bits per heavy atom. The molecular weight excluding hydrogens is 599 g/mol. The molecule has 47 heavy (non-hydrogen) atoms. The number of pyridine rings is 1. The Morgan fingerprint density at radius 2 is 1.49 bits per heavy atom. The molecule has 0 saturated carbocycles. The van der Waals surface area contributed by atoms with E-state index in [1.165, 1.54) is 0 Å². The van der Waals surface area contributed by atoms with Gasteiger partial charge in [0, 0.05) is 36.8 Å². The summed E-state index contributed by atoms with van der Waals surface area (Å²) in [6, 6.07) is 33.8. The molecular formula is C39H38LiN2O4S. The van der Waals surface area contributed by atoms with E-state index < -0.39 is 23.5 Å². The van der Waals surface area contributed by atoms with Crippen LogP contribution in [0.3, 0.4) is 0 Å². The summed E-state index contributed by atoms with van der Waals surface area (Å²) in [6.45, 7) is 2.00. The van der Waals surface area contributed by atoms with Gasteiger partial charge in [-0.3, -0.25) is 9.78 Å². The number of aromatic nitrogens is 1. The zero-order chi connectivity index (χ0) is 32.5. The van der Waals surface area contributed by atoms with Crippen LogP contribution in [0.4, 0.5) is 0 Å². The van der Waals surface area contributed by atoms with Gasteiger partial charge < -0.3 is 15.5 Å². The molecule has 235 valence electrons. The number of hydrogen-bond acceptors (Lipinski definition) is 5. The van der Waals surface area contributed by atoms with Gasteiger partial charge >= 0.3 is 5.97 Å². The number of aliphatic hydroxyl groups is 1. The van der Waals surface area contributed by atoms with Crippen molar-refractivity contribution in [2.75, 3.05) is 12.0 Å². The van der Waals surface area contributed by atoms with Gasteiger partial charge in [-0.15, -0.1) is 0 Å². The number of carbonyl (C=O) groups is 2. The van der Waals surface area contributed by atoms with Crippen molar-refractivity contribution < 1.29 is 19.8 Å². The topological polar surface area (TPSA) is 99.5 Å². The monoisotopic (exact) mass is 637 g/mol. The number of amides is 1. The van der Waals surface area contributed by atoms with E-state index >= 15 is 0 Å². The van der Waals surface area contributed by atoms with Gasteiger partial charge in [0.05, 0.1) is 0 Å². The molecule has 1 radical (unpaired) electrons. The van der Waals surface area contributed by atoms with Crippen LogP contribution in [0.25, 0.3) is 11.1 Å². The Balaban J connectivity index is 0.00000500. The molecule has 0 aliphatic rings. The summed E-state index contributed by atoms with van der Waals surface area (Å²) in [5.41, 5.74) is 5.93. The van der Waals surface area contributed by atoms with Crippen molar-refractivity contribution in [1.29, 1.82) is 0 Å². The zero-order valence-electron chi connectivity index (χ0n) is 27.0. The summed E-state index contributed by atoms with van der Waals surface area (Å²) >= 11 is 1.54. The van der Waals surface area contributed by atoms with Crippen molar-refractivity contribution in [2.24, 2.45) is 0 Å². The van der Waals surface area contributed by atoms with Gasteiger partial charge in [0.1, 0.15) is 11.6 Å². The van der Waals surface area contributed by atoms with Gasteiger partial charge in [-0.1, -0.05) is 97.1 Å². The van der Waals surface area contributed by atoms with Gasteiger partial charge in [-0.25, -0.2) is 4.79 Å². The predicted molar refractivity (Wildman–Crippen MR) is 191 cm³/mol. The van der Waals surface area contributed by atoms with E-state index in [-0.39, 0.29) is 18.9 Å². The van der Waals surface area contributed by atoms with E-state index in [2.05, 4.69) is 10.3 Å². The molecule has 0 bridgehead atoms. The van der Waals surface area contributed by atoms with Crippen LogP contribution in [0.2, 0.25) is 0 Å². The van der Waals surface area contributed by atoms with E-state index in [1.807, 2.05) is 123 Å². The minimum atomic E-state index is -1.38. The standard InChI is InChI=1S/C39H38N2O4S.Li/c1-27-11-9-10-16-32(27)34-25-28(18-20-33(34)37(42)41-36(38(43)44)22-24-46-2)17-19-29-26-40-23-21-35(29)39(45,30-12-5-3-6-13-30)31-14-7-4-8-15-31;/h3-16,18,20-21,23,25-26,36,45H,17,19,22,24H2,1-2H3,(H,41,42)(H,43,44);/t36-;/m0./s1. The van der Waals surface area contributed by atoms with E-state index in [1.54, 1.807) is 24.0 Å². The number of thioether (sulfide) groups is 1. The molecule has 3 N–H and O–H groups in total. The Morgan fingerprint density at radius 1 is 0.851 bits per heavy atom. The summed E-state index contributed by atoms with van der Waals surface area (Å²) in [6.07, 6.45) is 7.00. The normalized spacial score (nSPS) is 11.7. The number of rotatable bonds is 13. The number of aryl methyl sites for hydroxylation is 3. The Bertz CT molecular complexity index is 1760. The molecule has 5 rings (SSSR count). The van der Waals surface area contributed by atoms with Gasteiger partial charge in [-0.2, -0.15) is 11.8 Å². The molecule has 8 heteroatoms. The Kier molecular flexibility index (Phi) is 12.6. The first kappa shape index (κ1) is 35.7. The van der Waals surface area contributed by atoms with Crippen molar-refractivity contribution in [3.63, 3.8) is 0 Å². The van der Waals surface area contributed by atoms with Crippen molar-refractivity contribution in [3.8, 4) is 11.1 Å². The second kappa shape index (κ2) is 16.6. The van der Waals surface area contributed by atoms with Crippen molar-refractivity contribution >= 4 is 42.5 Å². The van der Waals surface area contributed by atoms with E-state index in [9.17, 15) is 19.8 Å². The smallest absolute Gasteiger partial charge is 0.326 e. The summed E-state index contributed by atoms with van der Waals surface area (Å²) in [5, 5.41) is 24.9. The average Bonchev–Trinajstić information content (AvgIpc) is 3.09. The van der Waals surface area contributed by atoms with E-state index in [4.69, 9.17) is 0 Å². The zero-order valence-corrected chi connectivity index (χ0v) is 27.8. The maximum atomic E-state index is 13.5. The number of carboxylic acid groups (broad SMARTS) is 1. The molecule has 1 amide bonds. The molecule has 1 aromatic heterocycles. The maximum Gasteiger partial charge on any atom is 0.326 e. The summed E-state index contributed by atoms with van der Waals surface area (Å²) in [4.78, 5) is 29.8. The number of hydrogen-bond donors (Lipinski definition) is 3. The van der Waals surface area contributed by atoms with Crippen LogP contribution in [0.15, 0.2) is 122 Å². The number of nitrogens with one attached hydrogen (secondary N) is 1. The number of carbonyl (C=O) groups excluding carboxylic acids is 1. The largest absolute Gasteiger partial charge is 0.480 e. The minimum Gasteiger partial charge on any atom is -0.480 e. The van der Waals surface area contributed by atoms with Gasteiger partial charge in [0.15, 0.2) is 0 Å². The van der Waals surface area contributed by atoms with E-state index in [0.717, 1.165) is 44.5 Å². The second-order valence-electron chi connectivity index (χ2n) is 11.3. The number of aliphatic carboxylic acids is 1. The molecule has 4 aromatic carbocycles. The first-order valence-electron chi connectivity index (χ1n) is 15.3. The van der Waals surface area contributed by atoms with Crippen LogP contribution in [-0.4, -0.2) is 64.0 Å². The second-order valence-corrected chi connectivity index (χ2v) is 12.3. The molecule has 0 unspecified atom stereocenters. The number of nitrogens with zero attached hydrogens (tertiary/aromatic N) is 1. The molecule has 1 heterocycles. The molecule has 0 spiro atoms. The molecule has 0 aliphatic heterocycles. The molecule has 0 saturated heterocycles. The van der Waals surface area contributed by atoms with Crippen LogP contribution in [-0.2, 0) is 23.2 Å². The number of carboxylic acids is 1. The Labute approximate surface area is 292 Å². The van der Waals surface area contributed by atoms with Crippen LogP contribution in [0.5, 0.6) is 0 Å². The third-order valence-electron chi connectivity index (χ3n) is 8.34. The van der Waals surface area contributed by atoms with Crippen LogP contribution in [0, 0.1) is 6.92 Å². The molecule has 5 aromatic rings. The molecule has 0 fully saturated rings. The average molecular weight is 638 g/mol. The Hall–Kier alpha value is -4.12. The fraction of sp³-hybridized carbons (Fsp3) is 0.205. The maximum absolute atomic E-state index is 13.5. The quantitative estimate of drug-likeness (QED) is 0.125. The summed E-state index contributed by atoms with van der Waals surface area (Å²) < 4.78 is 0. The fourth-order valence-corrected chi connectivity index (χ4v) is 6.34. The van der Waals surface area contributed by atoms with Crippen molar-refractivity contribution in [2.45, 2.75) is 37.8 Å². The molecule has 1 atom stereocenters. The van der Waals surface area contributed by atoms with Gasteiger partial charge in [0.25, 0.3) is 5.91 Å². The van der Waals surface area contributed by atoms with Gasteiger partial charge in [0.2, 0.25) is 0 Å². The van der Waals surface area contributed by atoms with Crippen LogP contribution in [0.1, 0.15) is 50.2 Å². The fourth-order valence-electron chi connectivity index (χ4n) is 5.87. The molecule has 6 nitrogen and oxygen atoms in total. The minimum absolute atomic E-state index is 0. The third-order valence-corrected chi connectivity index (χ3v) is 8.98. The number of benzene rings is 4. The first-order valence-corrected chi connectivity index (χ1v) is 16.7. The molecule has 0 aliphatic carbocycles. The third kappa shape index (κ3) is 8.24. The van der Waals surface area contributed by atoms with Gasteiger partial charge in [-0.05, 0) is 94.8 Å². The van der Waals surface area contributed by atoms with E-state index in [0.29, 0.717) is 30.6 Å². The SMILES string of the molecule is CSCC[C@H](NC(=O)c1ccc(CCc2cnccc2C(O)(c2ccccc2)c2ccccc2)cc1-c1ccccc1C)C(=O)O.[Li]. The summed E-state index contributed by atoms with van der Waals surface area (Å²) in [5.74, 6) is -0.834. The van der Waals surface area contributed by atoms with Crippen molar-refractivity contribution in [3.05, 3.63) is 161 Å². The first-order chi connectivity index (χ1) is 22.3.